The van der Waals surface area contributed by atoms with E-state index in [0.29, 0.717) is 5.92 Å². The molecule has 3 aliphatic rings. The first kappa shape index (κ1) is 32.6. The van der Waals surface area contributed by atoms with Crippen LogP contribution < -0.4 is 20.1 Å². The van der Waals surface area contributed by atoms with Crippen LogP contribution >= 0.6 is 0 Å². The number of aliphatic hydroxyl groups is 3. The number of ether oxygens (including phenoxy) is 4. The fourth-order valence-corrected chi connectivity index (χ4v) is 6.73. The lowest BCUT2D eigenvalue weighted by atomic mass is 9.60. The maximum atomic E-state index is 13.4. The number of nitrogens with two attached hydrogens (primary N) is 1. The summed E-state index contributed by atoms with van der Waals surface area (Å²) in [4.78, 5) is 37.4. The zero-order valence-electron chi connectivity index (χ0n) is 25.3. The lowest BCUT2D eigenvalue weighted by molar-refractivity contribution is -0.384. The van der Waals surface area contributed by atoms with Crippen molar-refractivity contribution in [3.05, 3.63) is 57.6 Å². The number of nitrogens with zero attached hydrogens (tertiary/aromatic N) is 2. The monoisotopic (exact) mass is 629 g/mol. The Morgan fingerprint density at radius 3 is 2.56 bits per heavy atom. The van der Waals surface area contributed by atoms with Gasteiger partial charge in [-0.25, -0.2) is 9.59 Å². The highest BCUT2D eigenvalue weighted by Gasteiger charge is 2.49. The zero-order valence-corrected chi connectivity index (χ0v) is 25.3. The summed E-state index contributed by atoms with van der Waals surface area (Å²) in [5.41, 5.74) is 8.24. The van der Waals surface area contributed by atoms with Crippen molar-refractivity contribution in [1.29, 1.82) is 0 Å². The van der Waals surface area contributed by atoms with Crippen LogP contribution in [0.5, 0.6) is 11.5 Å². The molecular formula is C31H39N3O11. The van der Waals surface area contributed by atoms with E-state index in [1.165, 1.54) is 18.7 Å². The van der Waals surface area contributed by atoms with E-state index in [4.69, 9.17) is 19.9 Å². The van der Waals surface area contributed by atoms with Gasteiger partial charge >= 0.3 is 12.1 Å². The first-order valence-corrected chi connectivity index (χ1v) is 14.9. The molecule has 0 aromatic heterocycles. The van der Waals surface area contributed by atoms with Crippen LogP contribution in [0.4, 0.5) is 16.2 Å². The van der Waals surface area contributed by atoms with Crippen LogP contribution in [0.3, 0.4) is 0 Å². The van der Waals surface area contributed by atoms with Crippen molar-refractivity contribution in [2.45, 2.75) is 87.6 Å². The molecule has 5 N–H and O–H groups in total. The first-order chi connectivity index (χ1) is 21.3. The maximum absolute atomic E-state index is 13.4. The van der Waals surface area contributed by atoms with Crippen molar-refractivity contribution in [3.63, 3.8) is 0 Å². The molecule has 0 unspecified atom stereocenters. The maximum Gasteiger partial charge on any atom is 0.419 e. The summed E-state index contributed by atoms with van der Waals surface area (Å²) in [6.07, 6.45) is -3.62. The van der Waals surface area contributed by atoms with Crippen molar-refractivity contribution in [3.8, 4) is 11.5 Å². The highest BCUT2D eigenvalue weighted by atomic mass is 16.7. The quantitative estimate of drug-likeness (QED) is 0.206. The van der Waals surface area contributed by atoms with E-state index in [0.717, 1.165) is 68.2 Å². The number of fused-ring (bicyclic) bond motifs is 4. The summed E-state index contributed by atoms with van der Waals surface area (Å²) >= 11 is 0. The number of anilines is 1. The predicted octanol–water partition coefficient (Wildman–Crippen LogP) is 2.31. The smallest absolute Gasteiger partial charge is 0.419 e. The van der Waals surface area contributed by atoms with Crippen LogP contribution in [-0.2, 0) is 26.1 Å². The lowest BCUT2D eigenvalue weighted by Crippen LogP contribution is -2.61. The number of carbonyl (C=O) groups excluding carboxylic acids is 2. The van der Waals surface area contributed by atoms with Crippen molar-refractivity contribution in [2.24, 2.45) is 11.7 Å². The second kappa shape index (κ2) is 12.9. The summed E-state index contributed by atoms with van der Waals surface area (Å²) in [7, 11) is 2.36. The molecule has 244 valence electrons. The molecule has 8 atom stereocenters. The van der Waals surface area contributed by atoms with Gasteiger partial charge in [-0.1, -0.05) is 32.3 Å². The third-order valence-corrected chi connectivity index (χ3v) is 9.43. The summed E-state index contributed by atoms with van der Waals surface area (Å²) in [6, 6.07) is 8.82. The molecule has 14 heteroatoms. The molecular weight excluding hydrogens is 590 g/mol. The number of rotatable bonds is 6. The van der Waals surface area contributed by atoms with Gasteiger partial charge < -0.3 is 40.0 Å². The number of benzene rings is 2. The standard InChI is InChI=1S/C31H39N3O11/c1-31-12-6-4-5-7-17(27(31)32)13-16-8-10-19(15-20(16)31)43-30(39)33(2)21-14-18(34(40)41)9-11-22(21)44-29-25(37)23(35)24(36)26(45-29)28(38)42-3/h8-11,14-15,17,23-27,29,35-37H,4-7,12-13,32H2,1-3H3/t17-,23-,24-,25+,26-,27-,29+,31+/m0/s1. The van der Waals surface area contributed by atoms with Gasteiger partial charge in [0.2, 0.25) is 6.29 Å². The number of non-ortho nitro benzene ring substituents is 1. The van der Waals surface area contributed by atoms with Crippen LogP contribution in [0.2, 0.25) is 0 Å². The Bertz CT molecular complexity index is 1450. The van der Waals surface area contributed by atoms with E-state index in [2.05, 4.69) is 11.7 Å². The first-order valence-electron chi connectivity index (χ1n) is 14.9. The van der Waals surface area contributed by atoms with Crippen molar-refractivity contribution >= 4 is 23.4 Å². The molecule has 14 nitrogen and oxygen atoms in total. The topological polar surface area (TPSA) is 204 Å². The predicted molar refractivity (Wildman–Crippen MR) is 159 cm³/mol. The summed E-state index contributed by atoms with van der Waals surface area (Å²) in [5.74, 6) is -0.549. The fourth-order valence-electron chi connectivity index (χ4n) is 6.73. The van der Waals surface area contributed by atoms with E-state index >= 15 is 0 Å². The Morgan fingerprint density at radius 1 is 1.09 bits per heavy atom. The van der Waals surface area contributed by atoms with Gasteiger partial charge in [0.1, 0.15) is 29.8 Å². The number of carbonyl (C=O) groups is 2. The molecule has 1 saturated carbocycles. The molecule has 2 aromatic rings. The second-order valence-corrected chi connectivity index (χ2v) is 12.2. The van der Waals surface area contributed by atoms with Crippen LogP contribution in [0.25, 0.3) is 0 Å². The molecule has 2 aromatic carbocycles. The minimum absolute atomic E-state index is 0.0285. The number of methoxy groups -OCH3 is 1. The Kier molecular flexibility index (Phi) is 9.33. The molecule has 1 aliphatic heterocycles. The number of hydrogen-bond acceptors (Lipinski definition) is 12. The van der Waals surface area contributed by atoms with Gasteiger partial charge in [0.05, 0.1) is 17.7 Å². The Balaban J connectivity index is 1.41. The zero-order chi connectivity index (χ0) is 32.6. The van der Waals surface area contributed by atoms with E-state index in [1.807, 2.05) is 12.1 Å². The minimum atomic E-state index is -1.86. The van der Waals surface area contributed by atoms with Gasteiger partial charge in [-0.3, -0.25) is 15.0 Å². The van der Waals surface area contributed by atoms with Crippen LogP contribution in [0.1, 0.15) is 50.2 Å². The number of aliphatic hydroxyl groups excluding tert-OH is 3. The molecule has 2 aliphatic carbocycles. The van der Waals surface area contributed by atoms with Crippen molar-refractivity contribution in [1.82, 2.24) is 0 Å². The average molecular weight is 630 g/mol. The molecule has 2 fully saturated rings. The number of nitro benzene ring substituents is 1. The Labute approximate surface area is 259 Å². The highest BCUT2D eigenvalue weighted by molar-refractivity contribution is 5.91. The summed E-state index contributed by atoms with van der Waals surface area (Å²) < 4.78 is 21.4. The Morgan fingerprint density at radius 2 is 1.84 bits per heavy atom. The van der Waals surface area contributed by atoms with E-state index in [9.17, 15) is 35.0 Å². The third-order valence-electron chi connectivity index (χ3n) is 9.43. The molecule has 5 rings (SSSR count). The third kappa shape index (κ3) is 6.20. The van der Waals surface area contributed by atoms with Gasteiger partial charge in [0.25, 0.3) is 5.69 Å². The van der Waals surface area contributed by atoms with Crippen LogP contribution in [-0.4, -0.2) is 83.2 Å². The molecule has 1 amide bonds. The average Bonchev–Trinajstić information content (AvgIpc) is 3.02. The fraction of sp³-hybridized carbons (Fsp3) is 0.548. The van der Waals surface area contributed by atoms with Gasteiger partial charge in [0.15, 0.2) is 6.10 Å². The van der Waals surface area contributed by atoms with Gasteiger partial charge in [-0.05, 0) is 54.5 Å². The molecule has 0 spiro atoms. The molecule has 2 bridgehead atoms. The minimum Gasteiger partial charge on any atom is -0.467 e. The molecule has 1 heterocycles. The van der Waals surface area contributed by atoms with Crippen LogP contribution in [0, 0.1) is 16.0 Å². The molecule has 0 radical (unpaired) electrons. The number of nitro groups is 1. The van der Waals surface area contributed by atoms with Crippen molar-refractivity contribution in [2.75, 3.05) is 19.1 Å². The molecule has 1 saturated heterocycles. The highest BCUT2D eigenvalue weighted by Crippen LogP contribution is 2.46. The number of amides is 1. The summed E-state index contributed by atoms with van der Waals surface area (Å²) in [6.45, 7) is 2.17. The lowest BCUT2D eigenvalue weighted by Gasteiger charge is -2.47. The van der Waals surface area contributed by atoms with Crippen molar-refractivity contribution < 1.29 is 48.8 Å². The van der Waals surface area contributed by atoms with Crippen LogP contribution in [0.15, 0.2) is 36.4 Å². The largest absolute Gasteiger partial charge is 0.467 e. The van der Waals surface area contributed by atoms with Gasteiger partial charge in [-0.15, -0.1) is 0 Å². The second-order valence-electron chi connectivity index (χ2n) is 12.2. The summed E-state index contributed by atoms with van der Waals surface area (Å²) in [5, 5.41) is 42.6. The molecule has 45 heavy (non-hydrogen) atoms. The SMILES string of the molecule is COC(=O)[C@H]1O[C@@H](Oc2ccc([N+](=O)[O-])cc2N(C)C(=O)Oc2ccc3c(c2)[C@@]2(C)CCCCC[C@@H](C3)[C@@H]2N)[C@H](O)[C@@H](O)[C@@H]1O. The van der Waals surface area contributed by atoms with E-state index < -0.39 is 47.7 Å². The number of esters is 1. The Hall–Kier alpha value is -3.82. The number of hydrogen-bond donors (Lipinski definition) is 4. The van der Waals surface area contributed by atoms with Gasteiger partial charge in [-0.2, -0.15) is 0 Å². The van der Waals surface area contributed by atoms with Gasteiger partial charge in [0, 0.05) is 30.6 Å². The van der Waals surface area contributed by atoms with E-state index in [1.54, 1.807) is 6.07 Å². The normalized spacial score (nSPS) is 31.0. The van der Waals surface area contributed by atoms with E-state index in [-0.39, 0.29) is 34.3 Å².